The van der Waals surface area contributed by atoms with E-state index >= 15 is 0 Å². The van der Waals surface area contributed by atoms with Crippen molar-refractivity contribution < 1.29 is 14.3 Å². The third kappa shape index (κ3) is 4.62. The van der Waals surface area contributed by atoms with Crippen molar-refractivity contribution in [2.45, 2.75) is 18.9 Å². The number of nitrogens with one attached hydrogen (secondary N) is 2. The van der Waals surface area contributed by atoms with Crippen LogP contribution in [0.5, 0.6) is 5.75 Å². The van der Waals surface area contributed by atoms with Gasteiger partial charge in [-0.25, -0.2) is 0 Å². The molecule has 1 aromatic carbocycles. The Morgan fingerprint density at radius 2 is 1.88 bits per heavy atom. The maximum absolute atomic E-state index is 12.2. The number of hydrogen-bond donors (Lipinski definition) is 2. The maximum atomic E-state index is 12.2. The van der Waals surface area contributed by atoms with Gasteiger partial charge in [0.2, 0.25) is 0 Å². The first kappa shape index (κ1) is 18.4. The lowest BCUT2D eigenvalue weighted by atomic mass is 10.1. The SMILES string of the molecule is COc1ccc(NC(=O)C(=O)NCC(c2ccsc2)N2CCCC2)cc1. The molecule has 7 heteroatoms. The lowest BCUT2D eigenvalue weighted by Gasteiger charge is -2.27. The number of benzene rings is 1. The zero-order valence-electron chi connectivity index (χ0n) is 14.7. The van der Waals surface area contributed by atoms with Gasteiger partial charge in [0, 0.05) is 12.2 Å². The summed E-state index contributed by atoms with van der Waals surface area (Å²) in [4.78, 5) is 26.7. The molecular formula is C19H23N3O3S. The summed E-state index contributed by atoms with van der Waals surface area (Å²) in [5, 5.41) is 9.52. The van der Waals surface area contributed by atoms with E-state index in [9.17, 15) is 9.59 Å². The quantitative estimate of drug-likeness (QED) is 0.764. The van der Waals surface area contributed by atoms with Crippen molar-refractivity contribution in [2.75, 3.05) is 32.1 Å². The van der Waals surface area contributed by atoms with Crippen LogP contribution < -0.4 is 15.4 Å². The number of thiophene rings is 1. The molecule has 2 N–H and O–H groups in total. The highest BCUT2D eigenvalue weighted by molar-refractivity contribution is 7.08. The fraction of sp³-hybridized carbons (Fsp3) is 0.368. The summed E-state index contributed by atoms with van der Waals surface area (Å²) in [6.45, 7) is 2.47. The number of carbonyl (C=O) groups excluding carboxylic acids is 2. The molecule has 0 aliphatic carbocycles. The van der Waals surface area contributed by atoms with Crippen LogP contribution in [0.3, 0.4) is 0 Å². The van der Waals surface area contributed by atoms with Crippen molar-refractivity contribution in [3.05, 3.63) is 46.7 Å². The topological polar surface area (TPSA) is 70.7 Å². The zero-order valence-corrected chi connectivity index (χ0v) is 15.6. The van der Waals surface area contributed by atoms with Gasteiger partial charge in [0.15, 0.2) is 0 Å². The van der Waals surface area contributed by atoms with Gasteiger partial charge in [0.1, 0.15) is 5.75 Å². The number of anilines is 1. The Morgan fingerprint density at radius 1 is 1.15 bits per heavy atom. The van der Waals surface area contributed by atoms with Gasteiger partial charge < -0.3 is 15.4 Å². The van der Waals surface area contributed by atoms with E-state index in [0.29, 0.717) is 18.0 Å². The third-order valence-corrected chi connectivity index (χ3v) is 5.22. The van der Waals surface area contributed by atoms with E-state index in [4.69, 9.17) is 4.74 Å². The number of carbonyl (C=O) groups is 2. The second-order valence-corrected chi connectivity index (χ2v) is 6.99. The molecule has 1 aliphatic heterocycles. The number of amides is 2. The molecule has 0 spiro atoms. The van der Waals surface area contributed by atoms with Crippen LogP contribution >= 0.6 is 11.3 Å². The van der Waals surface area contributed by atoms with Gasteiger partial charge in [-0.3, -0.25) is 14.5 Å². The van der Waals surface area contributed by atoms with Crippen molar-refractivity contribution in [2.24, 2.45) is 0 Å². The first-order chi connectivity index (χ1) is 12.7. The standard InChI is InChI=1S/C19H23N3O3S/c1-25-16-6-4-15(5-7-16)21-19(24)18(23)20-12-17(14-8-11-26-13-14)22-9-2-3-10-22/h4-8,11,13,17H,2-3,9-10,12H2,1H3,(H,20,23)(H,21,24). The zero-order chi connectivity index (χ0) is 18.4. The Hall–Kier alpha value is -2.38. The molecule has 1 fully saturated rings. The van der Waals surface area contributed by atoms with Gasteiger partial charge in [0.25, 0.3) is 0 Å². The third-order valence-electron chi connectivity index (χ3n) is 4.52. The molecule has 2 heterocycles. The van der Waals surface area contributed by atoms with Crippen LogP contribution in [-0.2, 0) is 9.59 Å². The van der Waals surface area contributed by atoms with Crippen molar-refractivity contribution in [1.29, 1.82) is 0 Å². The largest absolute Gasteiger partial charge is 0.497 e. The molecule has 1 atom stereocenters. The fourth-order valence-electron chi connectivity index (χ4n) is 3.11. The second-order valence-electron chi connectivity index (χ2n) is 6.21. The lowest BCUT2D eigenvalue weighted by Crippen LogP contribution is -2.41. The lowest BCUT2D eigenvalue weighted by molar-refractivity contribution is -0.136. The van der Waals surface area contributed by atoms with Crippen molar-refractivity contribution in [3.63, 3.8) is 0 Å². The highest BCUT2D eigenvalue weighted by atomic mass is 32.1. The van der Waals surface area contributed by atoms with E-state index in [1.54, 1.807) is 42.7 Å². The van der Waals surface area contributed by atoms with Gasteiger partial charge in [-0.1, -0.05) is 0 Å². The van der Waals surface area contributed by atoms with Crippen LogP contribution in [0.15, 0.2) is 41.1 Å². The highest BCUT2D eigenvalue weighted by Gasteiger charge is 2.25. The number of likely N-dealkylation sites (tertiary alicyclic amines) is 1. The van der Waals surface area contributed by atoms with E-state index in [1.165, 1.54) is 18.4 Å². The molecule has 138 valence electrons. The number of rotatable bonds is 6. The van der Waals surface area contributed by atoms with Crippen LogP contribution in [0.4, 0.5) is 5.69 Å². The number of methoxy groups -OCH3 is 1. The van der Waals surface area contributed by atoms with E-state index in [-0.39, 0.29) is 6.04 Å². The highest BCUT2D eigenvalue weighted by Crippen LogP contribution is 2.26. The minimum atomic E-state index is -0.666. The minimum Gasteiger partial charge on any atom is -0.497 e. The van der Waals surface area contributed by atoms with E-state index in [2.05, 4.69) is 27.0 Å². The smallest absolute Gasteiger partial charge is 0.313 e. The summed E-state index contributed by atoms with van der Waals surface area (Å²) in [5.74, 6) is -0.599. The summed E-state index contributed by atoms with van der Waals surface area (Å²) in [7, 11) is 1.57. The Labute approximate surface area is 157 Å². The molecular weight excluding hydrogens is 350 g/mol. The Bertz CT molecular complexity index is 725. The molecule has 6 nitrogen and oxygen atoms in total. The van der Waals surface area contributed by atoms with Crippen molar-refractivity contribution >= 4 is 28.8 Å². The van der Waals surface area contributed by atoms with Crippen LogP contribution in [0.2, 0.25) is 0 Å². The van der Waals surface area contributed by atoms with Crippen LogP contribution in [-0.4, -0.2) is 43.5 Å². The van der Waals surface area contributed by atoms with Crippen LogP contribution in [0.25, 0.3) is 0 Å². The van der Waals surface area contributed by atoms with E-state index < -0.39 is 11.8 Å². The average molecular weight is 373 g/mol. The maximum Gasteiger partial charge on any atom is 0.313 e. The summed E-state index contributed by atoms with van der Waals surface area (Å²) in [6.07, 6.45) is 2.35. The van der Waals surface area contributed by atoms with Gasteiger partial charge in [-0.2, -0.15) is 11.3 Å². The number of ether oxygens (including phenoxy) is 1. The Balaban J connectivity index is 1.56. The molecule has 3 rings (SSSR count). The second kappa shape index (κ2) is 8.82. The summed E-state index contributed by atoms with van der Waals surface area (Å²) in [5.41, 5.74) is 1.74. The van der Waals surface area contributed by atoms with E-state index in [0.717, 1.165) is 13.1 Å². The molecule has 1 saturated heterocycles. The van der Waals surface area contributed by atoms with Gasteiger partial charge >= 0.3 is 11.8 Å². The van der Waals surface area contributed by atoms with Gasteiger partial charge in [-0.15, -0.1) is 0 Å². The first-order valence-corrected chi connectivity index (χ1v) is 9.61. The summed E-state index contributed by atoms with van der Waals surface area (Å²) < 4.78 is 5.07. The minimum absolute atomic E-state index is 0.112. The van der Waals surface area contributed by atoms with E-state index in [1.807, 2.05) is 5.38 Å². The summed E-state index contributed by atoms with van der Waals surface area (Å²) >= 11 is 1.64. The first-order valence-electron chi connectivity index (χ1n) is 8.67. The molecule has 2 aromatic rings. The molecule has 0 bridgehead atoms. The van der Waals surface area contributed by atoms with Gasteiger partial charge in [-0.05, 0) is 72.6 Å². The molecule has 0 radical (unpaired) electrons. The molecule has 1 unspecified atom stereocenters. The van der Waals surface area contributed by atoms with Crippen molar-refractivity contribution in [3.8, 4) is 5.75 Å². The van der Waals surface area contributed by atoms with Gasteiger partial charge in [0.05, 0.1) is 13.2 Å². The molecule has 2 amide bonds. The predicted molar refractivity (Wildman–Crippen MR) is 103 cm³/mol. The average Bonchev–Trinajstić information content (AvgIpc) is 3.37. The van der Waals surface area contributed by atoms with Crippen LogP contribution in [0.1, 0.15) is 24.4 Å². The van der Waals surface area contributed by atoms with Crippen LogP contribution in [0, 0.1) is 0 Å². The molecule has 1 aromatic heterocycles. The fourth-order valence-corrected chi connectivity index (χ4v) is 3.81. The Kier molecular flexibility index (Phi) is 6.25. The normalized spacial score (nSPS) is 15.4. The Morgan fingerprint density at radius 3 is 2.50 bits per heavy atom. The molecule has 26 heavy (non-hydrogen) atoms. The predicted octanol–water partition coefficient (Wildman–Crippen LogP) is 2.65. The molecule has 0 saturated carbocycles. The number of hydrogen-bond acceptors (Lipinski definition) is 5. The summed E-state index contributed by atoms with van der Waals surface area (Å²) in [6, 6.07) is 9.05. The monoisotopic (exact) mass is 373 g/mol. The number of nitrogens with zero attached hydrogens (tertiary/aromatic N) is 1. The van der Waals surface area contributed by atoms with Crippen molar-refractivity contribution in [1.82, 2.24) is 10.2 Å². The molecule has 1 aliphatic rings.